The number of rotatable bonds is 18. The van der Waals surface area contributed by atoms with E-state index >= 15 is 0 Å². The topological polar surface area (TPSA) is 75.7 Å². The highest BCUT2D eigenvalue weighted by atomic mass is 28.4. The highest BCUT2D eigenvalue weighted by Gasteiger charge is 2.50. The van der Waals surface area contributed by atoms with Crippen LogP contribution < -0.4 is 16.1 Å². The molecule has 1 aromatic heterocycles. The van der Waals surface area contributed by atoms with Crippen molar-refractivity contribution in [2.24, 2.45) is 5.73 Å². The Balaban J connectivity index is 1.23. The fourth-order valence-electron chi connectivity index (χ4n) is 8.46. The van der Waals surface area contributed by atoms with E-state index in [1.807, 2.05) is 42.6 Å². The zero-order valence-electron chi connectivity index (χ0n) is 33.8. The average molecular weight is 787 g/mol. The van der Waals surface area contributed by atoms with Crippen molar-refractivity contribution >= 4 is 35.5 Å². The third-order valence-electron chi connectivity index (χ3n) is 11.1. The summed E-state index contributed by atoms with van der Waals surface area (Å²) >= 11 is 0. The van der Waals surface area contributed by atoms with Crippen LogP contribution in [0.15, 0.2) is 182 Å². The SMILES string of the molecule is CC(C)(C)[Si](OCCC(COC(c1ccccc1)(c1ccccc1)c1ccccc1)OCCn1cc(CC(N)=O)c2ccccc21)(c1ccccc1)c1ccccc1. The Labute approximate surface area is 344 Å². The van der Waals surface area contributed by atoms with Gasteiger partial charge in [-0.3, -0.25) is 4.79 Å². The molecule has 7 aromatic rings. The fourth-order valence-corrected chi connectivity index (χ4v) is 13.0. The zero-order chi connectivity index (χ0) is 40.4. The van der Waals surface area contributed by atoms with Gasteiger partial charge in [0.1, 0.15) is 5.60 Å². The molecule has 0 aliphatic heterocycles. The van der Waals surface area contributed by atoms with Gasteiger partial charge in [0.05, 0.1) is 25.7 Å². The molecule has 0 fully saturated rings. The maximum atomic E-state index is 12.0. The summed E-state index contributed by atoms with van der Waals surface area (Å²) in [5, 5.41) is 3.34. The maximum Gasteiger partial charge on any atom is 0.261 e. The number of para-hydroxylation sites is 1. The summed E-state index contributed by atoms with van der Waals surface area (Å²) < 4.78 is 23.8. The number of carbonyl (C=O) groups excluding carboxylic acids is 1. The normalized spacial score (nSPS) is 12.7. The molecule has 2 N–H and O–H groups in total. The van der Waals surface area contributed by atoms with Crippen molar-refractivity contribution in [2.45, 2.75) is 56.9 Å². The third-order valence-corrected chi connectivity index (χ3v) is 16.2. The quantitative estimate of drug-likeness (QED) is 0.0697. The molecule has 0 bridgehead atoms. The molecule has 1 atom stereocenters. The fraction of sp³-hybridized carbons (Fsp3) is 0.235. The van der Waals surface area contributed by atoms with Crippen molar-refractivity contribution in [2.75, 3.05) is 19.8 Å². The molecule has 6 nitrogen and oxygen atoms in total. The van der Waals surface area contributed by atoms with Crippen molar-refractivity contribution in [3.63, 3.8) is 0 Å². The van der Waals surface area contributed by atoms with E-state index in [0.717, 1.165) is 33.2 Å². The van der Waals surface area contributed by atoms with Crippen molar-refractivity contribution in [1.29, 1.82) is 0 Å². The summed E-state index contributed by atoms with van der Waals surface area (Å²) in [7, 11) is -2.80. The van der Waals surface area contributed by atoms with Gasteiger partial charge in [-0.25, -0.2) is 0 Å². The summed E-state index contributed by atoms with van der Waals surface area (Å²) in [6.45, 7) is 8.71. The Morgan fingerprint density at radius 2 is 1.10 bits per heavy atom. The zero-order valence-corrected chi connectivity index (χ0v) is 34.8. The van der Waals surface area contributed by atoms with Crippen LogP contribution in [-0.2, 0) is 37.3 Å². The maximum absolute atomic E-state index is 12.0. The van der Waals surface area contributed by atoms with Gasteiger partial charge in [-0.05, 0) is 50.2 Å². The van der Waals surface area contributed by atoms with Gasteiger partial charge in [0, 0.05) is 30.3 Å². The smallest absolute Gasteiger partial charge is 0.261 e. The van der Waals surface area contributed by atoms with Crippen LogP contribution in [-0.4, -0.2) is 44.7 Å². The lowest BCUT2D eigenvalue weighted by atomic mass is 9.80. The number of nitrogens with two attached hydrogens (primary N) is 1. The van der Waals surface area contributed by atoms with E-state index in [9.17, 15) is 4.79 Å². The number of aromatic nitrogens is 1. The number of ether oxygens (including phenoxy) is 2. The van der Waals surface area contributed by atoms with Gasteiger partial charge in [-0.15, -0.1) is 0 Å². The molecule has 58 heavy (non-hydrogen) atoms. The van der Waals surface area contributed by atoms with Crippen molar-refractivity contribution in [3.05, 3.63) is 204 Å². The van der Waals surface area contributed by atoms with E-state index in [4.69, 9.17) is 19.6 Å². The van der Waals surface area contributed by atoms with Gasteiger partial charge in [0.25, 0.3) is 8.32 Å². The van der Waals surface area contributed by atoms with E-state index < -0.39 is 13.9 Å². The molecule has 1 unspecified atom stereocenters. The second-order valence-corrected chi connectivity index (χ2v) is 20.2. The van der Waals surface area contributed by atoms with E-state index in [1.54, 1.807) is 0 Å². The van der Waals surface area contributed by atoms with Gasteiger partial charge in [0.15, 0.2) is 0 Å². The largest absolute Gasteiger partial charge is 0.407 e. The van der Waals surface area contributed by atoms with Crippen LogP contribution in [0.5, 0.6) is 0 Å². The lowest BCUT2D eigenvalue weighted by Crippen LogP contribution is -2.66. The van der Waals surface area contributed by atoms with Gasteiger partial charge in [-0.1, -0.05) is 191 Å². The Morgan fingerprint density at radius 3 is 1.59 bits per heavy atom. The number of benzene rings is 6. The standard InChI is InChI=1S/C51H54N2O4Si/c1-50(2,3)58(45-27-15-7-16-28-45,46-29-17-8-18-30-46)57-35-33-44(55-36-34-53-38-40(37-49(52)54)47-31-19-20-32-48(47)53)39-56-51(41-21-9-4-10-22-41,42-23-11-5-12-24-42)43-25-13-6-14-26-43/h4-32,38,44H,33-37,39H2,1-3H3,(H2,52,54). The Morgan fingerprint density at radius 1 is 0.638 bits per heavy atom. The van der Waals surface area contributed by atoms with Gasteiger partial charge >= 0.3 is 0 Å². The van der Waals surface area contributed by atoms with E-state index in [-0.39, 0.29) is 23.5 Å². The molecule has 1 heterocycles. The lowest BCUT2D eigenvalue weighted by molar-refractivity contribution is -0.117. The Kier molecular flexibility index (Phi) is 12.8. The molecule has 7 rings (SSSR count). The van der Waals surface area contributed by atoms with Crippen LogP contribution in [0.1, 0.15) is 49.4 Å². The monoisotopic (exact) mass is 786 g/mol. The first kappa shape index (κ1) is 40.6. The van der Waals surface area contributed by atoms with Crippen LogP contribution >= 0.6 is 0 Å². The summed E-state index contributed by atoms with van der Waals surface area (Å²) in [4.78, 5) is 12.0. The molecular weight excluding hydrogens is 733 g/mol. The first-order chi connectivity index (χ1) is 28.2. The second-order valence-electron chi connectivity index (χ2n) is 15.9. The Hall–Kier alpha value is -5.57. The third kappa shape index (κ3) is 8.64. The van der Waals surface area contributed by atoms with Crippen LogP contribution in [0.4, 0.5) is 0 Å². The first-order valence-electron chi connectivity index (χ1n) is 20.2. The minimum absolute atomic E-state index is 0.163. The van der Waals surface area contributed by atoms with Crippen molar-refractivity contribution in [3.8, 4) is 0 Å². The van der Waals surface area contributed by atoms with E-state index in [1.165, 1.54) is 10.4 Å². The number of hydrogen-bond donors (Lipinski definition) is 1. The predicted octanol–water partition coefficient (Wildman–Crippen LogP) is 9.03. The molecule has 0 radical (unpaired) electrons. The van der Waals surface area contributed by atoms with Crippen LogP contribution in [0.25, 0.3) is 10.9 Å². The molecule has 7 heteroatoms. The van der Waals surface area contributed by atoms with Gasteiger partial charge in [0.2, 0.25) is 5.91 Å². The highest BCUT2D eigenvalue weighted by Crippen LogP contribution is 2.41. The Bertz CT molecular complexity index is 2210. The minimum Gasteiger partial charge on any atom is -0.407 e. The summed E-state index contributed by atoms with van der Waals surface area (Å²) in [5.74, 6) is -0.351. The van der Waals surface area contributed by atoms with Gasteiger partial charge < -0.3 is 24.2 Å². The van der Waals surface area contributed by atoms with Crippen LogP contribution in [0.3, 0.4) is 0 Å². The van der Waals surface area contributed by atoms with Crippen LogP contribution in [0.2, 0.25) is 5.04 Å². The van der Waals surface area contributed by atoms with Crippen molar-refractivity contribution in [1.82, 2.24) is 4.57 Å². The summed E-state index contributed by atoms with van der Waals surface area (Å²) in [6, 6.07) is 61.0. The molecule has 0 aliphatic carbocycles. The predicted molar refractivity (Wildman–Crippen MR) is 238 cm³/mol. The van der Waals surface area contributed by atoms with E-state index in [2.05, 4.69) is 165 Å². The first-order valence-corrected chi connectivity index (χ1v) is 22.2. The lowest BCUT2D eigenvalue weighted by Gasteiger charge is -2.43. The molecule has 296 valence electrons. The molecule has 0 saturated heterocycles. The molecular formula is C51H54N2O4Si. The van der Waals surface area contributed by atoms with E-state index in [0.29, 0.717) is 32.8 Å². The van der Waals surface area contributed by atoms with Gasteiger partial charge in [-0.2, -0.15) is 0 Å². The molecule has 0 aliphatic rings. The number of nitrogens with zero attached hydrogens (tertiary/aromatic N) is 1. The number of fused-ring (bicyclic) bond motifs is 1. The summed E-state index contributed by atoms with van der Waals surface area (Å²) in [6.07, 6.45) is 2.51. The second kappa shape index (κ2) is 18.3. The number of hydrogen-bond acceptors (Lipinski definition) is 4. The summed E-state index contributed by atoms with van der Waals surface area (Å²) in [5.41, 5.74) is 9.82. The van der Waals surface area contributed by atoms with Crippen molar-refractivity contribution < 1.29 is 18.7 Å². The molecule has 1 amide bonds. The highest BCUT2D eigenvalue weighted by molar-refractivity contribution is 6.99. The average Bonchev–Trinajstić information content (AvgIpc) is 3.59. The molecule has 0 saturated carbocycles. The van der Waals surface area contributed by atoms with Crippen LogP contribution in [0, 0.1) is 0 Å². The molecule has 0 spiro atoms. The number of primary amides is 1. The molecule has 6 aromatic carbocycles. The number of carbonyl (C=O) groups is 1. The number of amides is 1. The minimum atomic E-state index is -2.80.